The van der Waals surface area contributed by atoms with Crippen molar-refractivity contribution in [3.63, 3.8) is 0 Å². The van der Waals surface area contributed by atoms with Crippen molar-refractivity contribution in [1.29, 1.82) is 0 Å². The molecule has 142 valence electrons. The minimum absolute atomic E-state index is 0.120. The third-order valence-corrected chi connectivity index (χ3v) is 7.44. The van der Waals surface area contributed by atoms with Gasteiger partial charge in [0.25, 0.3) is 0 Å². The van der Waals surface area contributed by atoms with Crippen molar-refractivity contribution >= 4 is 31.9 Å². The zero-order valence-corrected chi connectivity index (χ0v) is 18.5. The van der Waals surface area contributed by atoms with Crippen LogP contribution in [0.1, 0.15) is 23.1 Å². The van der Waals surface area contributed by atoms with Crippen LogP contribution in [0.3, 0.4) is 0 Å². The molecule has 2 atom stereocenters. The molecule has 2 heterocycles. The number of fused-ring (bicyclic) bond motifs is 8. The summed E-state index contributed by atoms with van der Waals surface area (Å²) >= 11 is 7.49. The van der Waals surface area contributed by atoms with E-state index in [1.54, 1.807) is 0 Å². The van der Waals surface area contributed by atoms with Crippen LogP contribution in [0.5, 0.6) is 17.2 Å². The summed E-state index contributed by atoms with van der Waals surface area (Å²) in [5.41, 5.74) is 3.13. The Labute approximate surface area is 186 Å². The summed E-state index contributed by atoms with van der Waals surface area (Å²) in [6.07, 6.45) is 5.21. The molecule has 0 saturated heterocycles. The van der Waals surface area contributed by atoms with E-state index >= 15 is 0 Å². The van der Waals surface area contributed by atoms with Gasteiger partial charge in [-0.2, -0.15) is 0 Å². The summed E-state index contributed by atoms with van der Waals surface area (Å²) in [6.45, 7) is 0. The standard InChI is InChI=1S/C25H16Br2O2/c26-19-11-5-9-17-23(19)28-21-13-3-1-7-15(21)25(17)16-8-2-4-14-22(16)29-24-18(25)10-6-12-20(24)27/h1-9,11-14,18H,10H2. The van der Waals surface area contributed by atoms with Crippen LogP contribution in [0, 0.1) is 5.92 Å². The van der Waals surface area contributed by atoms with Crippen molar-refractivity contribution in [1.82, 2.24) is 0 Å². The summed E-state index contributed by atoms with van der Waals surface area (Å²) in [4.78, 5) is 0. The van der Waals surface area contributed by atoms with E-state index in [-0.39, 0.29) is 5.92 Å². The average Bonchev–Trinajstić information content (AvgIpc) is 2.75. The number of ether oxygens (including phenoxy) is 2. The molecular weight excluding hydrogens is 492 g/mol. The monoisotopic (exact) mass is 506 g/mol. The molecular formula is C25H16Br2O2. The second kappa shape index (κ2) is 6.35. The molecule has 1 spiro atoms. The van der Waals surface area contributed by atoms with Crippen LogP contribution in [0.25, 0.3) is 0 Å². The molecule has 0 saturated carbocycles. The number of hydrogen-bond donors (Lipinski definition) is 0. The maximum Gasteiger partial charge on any atom is 0.146 e. The first kappa shape index (κ1) is 17.5. The first-order valence-corrected chi connectivity index (χ1v) is 11.2. The lowest BCUT2D eigenvalue weighted by atomic mass is 9.57. The molecule has 0 fully saturated rings. The summed E-state index contributed by atoms with van der Waals surface area (Å²) in [7, 11) is 0. The molecule has 2 unspecified atom stereocenters. The predicted octanol–water partition coefficient (Wildman–Crippen LogP) is 7.46. The number of hydrogen-bond acceptors (Lipinski definition) is 2. The molecule has 29 heavy (non-hydrogen) atoms. The highest BCUT2D eigenvalue weighted by atomic mass is 79.9. The van der Waals surface area contributed by atoms with E-state index in [4.69, 9.17) is 9.47 Å². The summed E-state index contributed by atoms with van der Waals surface area (Å²) in [5, 5.41) is 0. The van der Waals surface area contributed by atoms with Crippen molar-refractivity contribution in [2.75, 3.05) is 0 Å². The maximum absolute atomic E-state index is 6.46. The van der Waals surface area contributed by atoms with E-state index in [1.807, 2.05) is 18.2 Å². The Kier molecular flexibility index (Phi) is 3.84. The van der Waals surface area contributed by atoms with E-state index in [9.17, 15) is 0 Å². The first-order chi connectivity index (χ1) is 14.2. The Balaban J connectivity index is 1.81. The lowest BCUT2D eigenvalue weighted by Crippen LogP contribution is -2.45. The maximum atomic E-state index is 6.46. The number of halogens is 2. The van der Waals surface area contributed by atoms with E-state index in [2.05, 4.69) is 92.5 Å². The van der Waals surface area contributed by atoms with Crippen LogP contribution in [-0.4, -0.2) is 0 Å². The Morgan fingerprint density at radius 2 is 1.41 bits per heavy atom. The van der Waals surface area contributed by atoms with Crippen molar-refractivity contribution < 1.29 is 9.47 Å². The highest BCUT2D eigenvalue weighted by Crippen LogP contribution is 2.63. The average molecular weight is 508 g/mol. The van der Waals surface area contributed by atoms with Gasteiger partial charge in [-0.3, -0.25) is 0 Å². The van der Waals surface area contributed by atoms with E-state index < -0.39 is 5.41 Å². The van der Waals surface area contributed by atoms with Gasteiger partial charge in [0.05, 0.1) is 14.4 Å². The number of rotatable bonds is 0. The van der Waals surface area contributed by atoms with Gasteiger partial charge in [-0.1, -0.05) is 54.6 Å². The van der Waals surface area contributed by atoms with Crippen LogP contribution in [0.15, 0.2) is 93.6 Å². The minimum atomic E-state index is -0.401. The van der Waals surface area contributed by atoms with E-state index in [0.717, 1.165) is 38.4 Å². The summed E-state index contributed by atoms with van der Waals surface area (Å²) in [5.74, 6) is 3.78. The molecule has 6 rings (SSSR count). The lowest BCUT2D eigenvalue weighted by molar-refractivity contribution is 0.236. The first-order valence-electron chi connectivity index (χ1n) is 9.61. The van der Waals surface area contributed by atoms with Crippen LogP contribution in [0.4, 0.5) is 0 Å². The van der Waals surface area contributed by atoms with Crippen LogP contribution in [-0.2, 0) is 5.41 Å². The number of para-hydroxylation sites is 3. The van der Waals surface area contributed by atoms with Gasteiger partial charge in [-0.25, -0.2) is 0 Å². The summed E-state index contributed by atoms with van der Waals surface area (Å²) in [6, 6.07) is 23.1. The molecule has 3 aromatic rings. The number of benzene rings is 3. The quantitative estimate of drug-likeness (QED) is 0.314. The molecule has 0 aromatic heterocycles. The molecule has 0 amide bonds. The summed E-state index contributed by atoms with van der Waals surface area (Å²) < 4.78 is 14.9. The molecule has 4 heteroatoms. The van der Waals surface area contributed by atoms with E-state index in [0.29, 0.717) is 0 Å². The third-order valence-electron chi connectivity index (χ3n) is 6.16. The molecule has 2 aliphatic heterocycles. The Morgan fingerprint density at radius 3 is 2.17 bits per heavy atom. The SMILES string of the molecule is BrC1=C2Oc3ccccc3C3(c4ccccc4Oc4c(Br)cccc43)C2CC=C1. The molecule has 2 nitrogen and oxygen atoms in total. The normalized spacial score (nSPS) is 23.4. The predicted molar refractivity (Wildman–Crippen MR) is 121 cm³/mol. The van der Waals surface area contributed by atoms with Gasteiger partial charge in [-0.05, 0) is 62.6 Å². The topological polar surface area (TPSA) is 18.5 Å². The van der Waals surface area contributed by atoms with Crippen LogP contribution in [0.2, 0.25) is 0 Å². The van der Waals surface area contributed by atoms with Gasteiger partial charge in [-0.15, -0.1) is 0 Å². The fourth-order valence-corrected chi connectivity index (χ4v) is 6.06. The second-order valence-corrected chi connectivity index (χ2v) is 9.23. The minimum Gasteiger partial charge on any atom is -0.460 e. The van der Waals surface area contributed by atoms with Gasteiger partial charge >= 0.3 is 0 Å². The largest absolute Gasteiger partial charge is 0.460 e. The lowest BCUT2D eigenvalue weighted by Gasteiger charge is -2.50. The zero-order chi connectivity index (χ0) is 19.6. The van der Waals surface area contributed by atoms with Crippen molar-refractivity contribution in [3.05, 3.63) is 110 Å². The molecule has 0 radical (unpaired) electrons. The van der Waals surface area contributed by atoms with Crippen molar-refractivity contribution in [2.45, 2.75) is 11.8 Å². The highest BCUT2D eigenvalue weighted by molar-refractivity contribution is 9.12. The molecule has 1 aliphatic carbocycles. The van der Waals surface area contributed by atoms with Gasteiger partial charge < -0.3 is 9.47 Å². The Bertz CT molecular complexity index is 1230. The Hall–Kier alpha value is -2.30. The van der Waals surface area contributed by atoms with E-state index in [1.165, 1.54) is 16.7 Å². The van der Waals surface area contributed by atoms with Gasteiger partial charge in [0.1, 0.15) is 23.0 Å². The molecule has 0 N–H and O–H groups in total. The zero-order valence-electron chi connectivity index (χ0n) is 15.4. The highest BCUT2D eigenvalue weighted by Gasteiger charge is 2.55. The van der Waals surface area contributed by atoms with Gasteiger partial charge in [0, 0.05) is 22.6 Å². The number of allylic oxidation sites excluding steroid dienone is 4. The van der Waals surface area contributed by atoms with Crippen LogP contribution < -0.4 is 9.47 Å². The van der Waals surface area contributed by atoms with Crippen molar-refractivity contribution in [3.8, 4) is 17.2 Å². The molecule has 0 bridgehead atoms. The fourth-order valence-electron chi connectivity index (χ4n) is 5.07. The Morgan fingerprint density at radius 1 is 0.759 bits per heavy atom. The van der Waals surface area contributed by atoms with Gasteiger partial charge in [0.2, 0.25) is 0 Å². The van der Waals surface area contributed by atoms with Crippen molar-refractivity contribution in [2.24, 2.45) is 5.92 Å². The molecule has 3 aromatic carbocycles. The third kappa shape index (κ3) is 2.27. The van der Waals surface area contributed by atoms with Crippen LogP contribution >= 0.6 is 31.9 Å². The van der Waals surface area contributed by atoms with Gasteiger partial charge in [0.15, 0.2) is 0 Å². The second-order valence-electron chi connectivity index (χ2n) is 7.52. The fraction of sp³-hybridized carbons (Fsp3) is 0.120. The molecule has 3 aliphatic rings. The smallest absolute Gasteiger partial charge is 0.146 e.